The number of rotatable bonds is 4. The van der Waals surface area contributed by atoms with E-state index >= 15 is 0 Å². The van der Waals surface area contributed by atoms with Crippen LogP contribution in [0.3, 0.4) is 0 Å². The van der Waals surface area contributed by atoms with Crippen LogP contribution in [0.4, 0.5) is 10.1 Å². The highest BCUT2D eigenvalue weighted by Crippen LogP contribution is 2.32. The van der Waals surface area contributed by atoms with Gasteiger partial charge in [-0.3, -0.25) is 9.69 Å². The Morgan fingerprint density at radius 2 is 1.69 bits per heavy atom. The van der Waals surface area contributed by atoms with Crippen LogP contribution in [0.15, 0.2) is 47.3 Å². The quantitative estimate of drug-likeness (QED) is 0.468. The molecule has 1 aliphatic heterocycles. The lowest BCUT2D eigenvalue weighted by atomic mass is 9.98. The van der Waals surface area contributed by atoms with E-state index in [9.17, 15) is 9.18 Å². The molecule has 1 saturated heterocycles. The molecule has 8 nitrogen and oxygen atoms in total. The summed E-state index contributed by atoms with van der Waals surface area (Å²) in [5, 5.41) is 13.7. The highest BCUT2D eigenvalue weighted by Gasteiger charge is 2.35. The van der Waals surface area contributed by atoms with Gasteiger partial charge in [-0.2, -0.15) is 0 Å². The molecule has 2 aromatic heterocycles. The second-order valence-corrected chi connectivity index (χ2v) is 10.5. The van der Waals surface area contributed by atoms with Crippen molar-refractivity contribution in [2.24, 2.45) is 0 Å². The highest BCUT2D eigenvalue weighted by atomic mass is 19.1. The first kappa shape index (κ1) is 24.1. The number of aryl methyl sites for hydroxylation is 2. The zero-order valence-electron chi connectivity index (χ0n) is 21.4. The van der Waals surface area contributed by atoms with Gasteiger partial charge in [0, 0.05) is 37.1 Å². The number of para-hydroxylation sites is 1. The first-order valence-corrected chi connectivity index (χ1v) is 12.3. The molecule has 0 radical (unpaired) electrons. The molecule has 1 atom stereocenters. The number of aromatic nitrogens is 5. The molecule has 0 bridgehead atoms. The first-order chi connectivity index (χ1) is 17.1. The average molecular weight is 490 g/mol. The van der Waals surface area contributed by atoms with E-state index in [-0.39, 0.29) is 16.9 Å². The Balaban J connectivity index is 1.60. The normalized spacial score (nSPS) is 16.0. The molecule has 0 saturated carbocycles. The first-order valence-electron chi connectivity index (χ1n) is 12.3. The Bertz CT molecular complexity index is 1460. The van der Waals surface area contributed by atoms with E-state index in [1.54, 1.807) is 10.7 Å². The van der Waals surface area contributed by atoms with Gasteiger partial charge < -0.3 is 9.88 Å². The standard InChI is InChI=1S/C27H32FN7O/c1-17-10-11-18(2)23-19(17)16-20(26(36)29-23)24(25-30-31-32-35(25)27(3,4)5)34-14-12-33(13-15-34)22-9-7-6-8-21(22)28/h6-11,16,24H,12-15H2,1-5H3,(H,29,36)/t24-/m1/s1. The number of benzene rings is 2. The SMILES string of the molecule is Cc1ccc(C)c2[nH]c(=O)c([C@H](c3nnnn3C(C)(C)C)N3CCN(c4ccccc4F)CC3)cc12. The van der Waals surface area contributed by atoms with Gasteiger partial charge >= 0.3 is 0 Å². The number of nitrogens with zero attached hydrogens (tertiary/aromatic N) is 6. The van der Waals surface area contributed by atoms with Gasteiger partial charge in [0.25, 0.3) is 5.56 Å². The number of hydrogen-bond acceptors (Lipinski definition) is 6. The molecular formula is C27H32FN7O. The molecule has 1 aliphatic rings. The van der Waals surface area contributed by atoms with Crippen molar-refractivity contribution in [2.45, 2.75) is 46.2 Å². The molecule has 5 rings (SSSR count). The maximum absolute atomic E-state index is 14.4. The van der Waals surface area contributed by atoms with E-state index < -0.39 is 6.04 Å². The number of halogens is 1. The highest BCUT2D eigenvalue weighted by molar-refractivity contribution is 5.85. The van der Waals surface area contributed by atoms with Crippen LogP contribution in [0.5, 0.6) is 0 Å². The number of fused-ring (bicyclic) bond motifs is 1. The molecule has 188 valence electrons. The summed E-state index contributed by atoms with van der Waals surface area (Å²) in [7, 11) is 0. The summed E-state index contributed by atoms with van der Waals surface area (Å²) in [6.07, 6.45) is 0. The lowest BCUT2D eigenvalue weighted by Gasteiger charge is -2.40. The zero-order valence-corrected chi connectivity index (χ0v) is 21.4. The van der Waals surface area contributed by atoms with E-state index in [2.05, 4.69) is 31.5 Å². The molecular weight excluding hydrogens is 457 g/mol. The van der Waals surface area contributed by atoms with Gasteiger partial charge in [-0.05, 0) is 74.4 Å². The molecule has 36 heavy (non-hydrogen) atoms. The topological polar surface area (TPSA) is 82.9 Å². The number of aromatic amines is 1. The Kier molecular flexibility index (Phi) is 6.12. The lowest BCUT2D eigenvalue weighted by molar-refractivity contribution is 0.190. The smallest absolute Gasteiger partial charge is 0.253 e. The van der Waals surface area contributed by atoms with E-state index in [1.807, 2.05) is 63.8 Å². The van der Waals surface area contributed by atoms with Gasteiger partial charge in [0.1, 0.15) is 11.9 Å². The van der Waals surface area contributed by atoms with Crippen molar-refractivity contribution in [1.82, 2.24) is 30.1 Å². The Morgan fingerprint density at radius 1 is 1.00 bits per heavy atom. The van der Waals surface area contributed by atoms with Gasteiger partial charge in [-0.15, -0.1) is 5.10 Å². The molecule has 9 heteroatoms. The maximum atomic E-state index is 14.4. The summed E-state index contributed by atoms with van der Waals surface area (Å²) in [5.74, 6) is 0.396. The third kappa shape index (κ3) is 4.28. The van der Waals surface area contributed by atoms with Crippen molar-refractivity contribution in [3.05, 3.63) is 81.2 Å². The third-order valence-electron chi connectivity index (χ3n) is 7.01. The summed E-state index contributed by atoms with van der Waals surface area (Å²) >= 11 is 0. The summed E-state index contributed by atoms with van der Waals surface area (Å²) < 4.78 is 16.2. The maximum Gasteiger partial charge on any atom is 0.253 e. The molecule has 0 unspecified atom stereocenters. The van der Waals surface area contributed by atoms with Crippen molar-refractivity contribution < 1.29 is 4.39 Å². The molecule has 2 aromatic carbocycles. The fourth-order valence-electron chi connectivity index (χ4n) is 5.07. The van der Waals surface area contributed by atoms with Gasteiger partial charge in [-0.1, -0.05) is 24.3 Å². The minimum absolute atomic E-state index is 0.152. The van der Waals surface area contributed by atoms with Crippen molar-refractivity contribution in [1.29, 1.82) is 0 Å². The van der Waals surface area contributed by atoms with Crippen LogP contribution in [0.25, 0.3) is 10.9 Å². The minimum atomic E-state index is -0.449. The summed E-state index contributed by atoms with van der Waals surface area (Å²) in [6.45, 7) is 12.7. The summed E-state index contributed by atoms with van der Waals surface area (Å²) in [5.41, 5.74) is 3.64. The van der Waals surface area contributed by atoms with Crippen LogP contribution in [0, 0.1) is 19.7 Å². The summed E-state index contributed by atoms with van der Waals surface area (Å²) in [6, 6.07) is 12.5. The van der Waals surface area contributed by atoms with Crippen LogP contribution < -0.4 is 10.5 Å². The monoisotopic (exact) mass is 489 g/mol. The Labute approximate surface area is 209 Å². The van der Waals surface area contributed by atoms with E-state index in [0.717, 1.165) is 22.0 Å². The van der Waals surface area contributed by atoms with Crippen LogP contribution in [0.2, 0.25) is 0 Å². The number of piperazine rings is 1. The molecule has 4 aromatic rings. The molecule has 0 spiro atoms. The van der Waals surface area contributed by atoms with Crippen LogP contribution >= 0.6 is 0 Å². The van der Waals surface area contributed by atoms with Crippen LogP contribution in [-0.2, 0) is 5.54 Å². The predicted molar refractivity (Wildman–Crippen MR) is 139 cm³/mol. The van der Waals surface area contributed by atoms with Crippen LogP contribution in [-0.4, -0.2) is 56.3 Å². The van der Waals surface area contributed by atoms with E-state index in [1.165, 1.54) is 6.07 Å². The number of anilines is 1. The molecule has 3 heterocycles. The fourth-order valence-corrected chi connectivity index (χ4v) is 5.07. The summed E-state index contributed by atoms with van der Waals surface area (Å²) in [4.78, 5) is 21.0. The fraction of sp³-hybridized carbons (Fsp3) is 0.407. The molecule has 1 N–H and O–H groups in total. The number of nitrogens with one attached hydrogen (secondary N) is 1. The van der Waals surface area contributed by atoms with Gasteiger partial charge in [0.15, 0.2) is 5.82 Å². The van der Waals surface area contributed by atoms with E-state index in [4.69, 9.17) is 0 Å². The van der Waals surface area contributed by atoms with Crippen molar-refractivity contribution in [3.63, 3.8) is 0 Å². The number of hydrogen-bond donors (Lipinski definition) is 1. The van der Waals surface area contributed by atoms with Gasteiger partial charge in [0.05, 0.1) is 16.7 Å². The largest absolute Gasteiger partial charge is 0.367 e. The lowest BCUT2D eigenvalue weighted by Crippen LogP contribution is -2.49. The molecule has 0 aliphatic carbocycles. The number of tetrazole rings is 1. The molecule has 1 fully saturated rings. The van der Waals surface area contributed by atoms with Crippen molar-refractivity contribution >= 4 is 16.6 Å². The number of pyridine rings is 1. The van der Waals surface area contributed by atoms with Gasteiger partial charge in [0.2, 0.25) is 0 Å². The zero-order chi connectivity index (χ0) is 25.6. The predicted octanol–water partition coefficient (Wildman–Crippen LogP) is 3.94. The third-order valence-corrected chi connectivity index (χ3v) is 7.01. The minimum Gasteiger partial charge on any atom is -0.367 e. The van der Waals surface area contributed by atoms with Gasteiger partial charge in [-0.25, -0.2) is 9.07 Å². The second kappa shape index (κ2) is 9.13. The average Bonchev–Trinajstić information content (AvgIpc) is 3.34. The van der Waals surface area contributed by atoms with Crippen molar-refractivity contribution in [2.75, 3.05) is 31.1 Å². The van der Waals surface area contributed by atoms with Crippen LogP contribution in [0.1, 0.15) is 49.3 Å². The van der Waals surface area contributed by atoms with Crippen molar-refractivity contribution in [3.8, 4) is 0 Å². The Morgan fingerprint density at radius 3 is 2.39 bits per heavy atom. The Hall–Kier alpha value is -3.59. The molecule has 0 amide bonds. The van der Waals surface area contributed by atoms with E-state index in [0.29, 0.717) is 43.3 Å². The number of H-pyrrole nitrogens is 1. The second-order valence-electron chi connectivity index (χ2n) is 10.5.